The molecule has 0 aromatic carbocycles. The Balaban J connectivity index is 3.19. The lowest BCUT2D eigenvalue weighted by atomic mass is 10.0. The van der Waals surface area contributed by atoms with Crippen LogP contribution in [0.2, 0.25) is 0 Å². The molecule has 0 aromatic heterocycles. The van der Waals surface area contributed by atoms with Crippen molar-refractivity contribution >= 4 is 0 Å². The average Bonchev–Trinajstić information content (AvgIpc) is 2.54. The third kappa shape index (κ3) is 19.4. The maximum atomic E-state index is 5.95. The number of hydrogen-bond acceptors (Lipinski definition) is 2. The molecule has 0 rings (SSSR count). The fourth-order valence-electron chi connectivity index (χ4n) is 2.75. The summed E-state index contributed by atoms with van der Waals surface area (Å²) in [6, 6.07) is 0.325. The molecule has 0 saturated heterocycles. The highest BCUT2D eigenvalue weighted by Gasteiger charge is 2.00. The van der Waals surface area contributed by atoms with Crippen LogP contribution in [0.1, 0.15) is 96.8 Å². The molecule has 1 atom stereocenters. The molecule has 23 heavy (non-hydrogen) atoms. The molecule has 0 aliphatic heterocycles. The molecule has 136 valence electrons. The van der Waals surface area contributed by atoms with Gasteiger partial charge in [-0.05, 0) is 51.5 Å². The molecule has 2 nitrogen and oxygen atoms in total. The van der Waals surface area contributed by atoms with E-state index in [1.165, 1.54) is 70.6 Å². The van der Waals surface area contributed by atoms with Gasteiger partial charge in [-0.25, -0.2) is 0 Å². The Kier molecular flexibility index (Phi) is 18.9. The van der Waals surface area contributed by atoms with Crippen LogP contribution >= 0.6 is 0 Å². The number of allylic oxidation sites excluding steroid dienone is 4. The minimum atomic E-state index is 0.325. The van der Waals surface area contributed by atoms with Crippen LogP contribution < -0.4 is 11.5 Å². The molecule has 0 aliphatic carbocycles. The molecular weight excluding hydrogens is 280 g/mol. The van der Waals surface area contributed by atoms with Gasteiger partial charge in [0.15, 0.2) is 0 Å². The second-order valence-corrected chi connectivity index (χ2v) is 6.71. The molecule has 0 aliphatic rings. The summed E-state index contributed by atoms with van der Waals surface area (Å²) < 4.78 is 0. The lowest BCUT2D eigenvalue weighted by Crippen LogP contribution is -2.23. The zero-order chi connectivity index (χ0) is 17.0. The first kappa shape index (κ1) is 22.4. The summed E-state index contributed by atoms with van der Waals surface area (Å²) >= 11 is 0. The topological polar surface area (TPSA) is 52.0 Å². The Morgan fingerprint density at radius 2 is 1.26 bits per heavy atom. The second kappa shape index (κ2) is 19.4. The van der Waals surface area contributed by atoms with Crippen LogP contribution in [0.15, 0.2) is 24.3 Å². The zero-order valence-corrected chi connectivity index (χ0v) is 15.6. The lowest BCUT2D eigenvalue weighted by molar-refractivity contribution is 0.515. The van der Waals surface area contributed by atoms with E-state index in [1.54, 1.807) is 0 Å². The molecule has 0 bridgehead atoms. The predicted molar refractivity (Wildman–Crippen MR) is 106 cm³/mol. The number of hydrogen-bond donors (Lipinski definition) is 2. The molecule has 0 amide bonds. The first-order valence-corrected chi connectivity index (χ1v) is 10.1. The average molecular weight is 323 g/mol. The highest BCUT2D eigenvalue weighted by Crippen LogP contribution is 2.10. The van der Waals surface area contributed by atoms with E-state index in [9.17, 15) is 0 Å². The molecular formula is C21H42N2. The van der Waals surface area contributed by atoms with Crippen LogP contribution in [0.25, 0.3) is 0 Å². The Morgan fingerprint density at radius 3 is 1.87 bits per heavy atom. The quantitative estimate of drug-likeness (QED) is 0.260. The van der Waals surface area contributed by atoms with E-state index in [1.807, 2.05) is 0 Å². The predicted octanol–water partition coefficient (Wildman–Crippen LogP) is 5.87. The minimum Gasteiger partial charge on any atom is -0.330 e. The molecule has 0 fully saturated rings. The maximum absolute atomic E-state index is 5.95. The van der Waals surface area contributed by atoms with E-state index in [2.05, 4.69) is 31.2 Å². The van der Waals surface area contributed by atoms with Crippen molar-refractivity contribution in [1.29, 1.82) is 0 Å². The maximum Gasteiger partial charge on any atom is 0.00508 e. The van der Waals surface area contributed by atoms with Crippen molar-refractivity contribution in [2.75, 3.05) is 6.54 Å². The largest absolute Gasteiger partial charge is 0.330 e. The Morgan fingerprint density at radius 1 is 0.696 bits per heavy atom. The molecule has 0 aromatic rings. The monoisotopic (exact) mass is 322 g/mol. The minimum absolute atomic E-state index is 0.325. The van der Waals surface area contributed by atoms with E-state index in [4.69, 9.17) is 11.5 Å². The van der Waals surface area contributed by atoms with Gasteiger partial charge < -0.3 is 11.5 Å². The van der Waals surface area contributed by atoms with Gasteiger partial charge in [0, 0.05) is 6.04 Å². The van der Waals surface area contributed by atoms with Crippen molar-refractivity contribution in [2.45, 2.75) is 103 Å². The van der Waals surface area contributed by atoms with Crippen molar-refractivity contribution in [3.63, 3.8) is 0 Å². The number of nitrogens with two attached hydrogens (primary N) is 2. The lowest BCUT2D eigenvalue weighted by Gasteiger charge is -2.09. The Bertz CT molecular complexity index is 271. The van der Waals surface area contributed by atoms with Crippen LogP contribution in [-0.2, 0) is 0 Å². The first-order chi connectivity index (χ1) is 11.3. The molecule has 0 radical (unpaired) electrons. The summed E-state index contributed by atoms with van der Waals surface area (Å²) in [4.78, 5) is 0. The summed E-state index contributed by atoms with van der Waals surface area (Å²) in [5.74, 6) is 0. The summed E-state index contributed by atoms with van der Waals surface area (Å²) in [6.45, 7) is 2.98. The highest BCUT2D eigenvalue weighted by molar-refractivity contribution is 4.92. The van der Waals surface area contributed by atoms with Crippen LogP contribution in [0.3, 0.4) is 0 Å². The molecule has 0 heterocycles. The zero-order valence-electron chi connectivity index (χ0n) is 15.6. The summed E-state index contributed by atoms with van der Waals surface area (Å²) in [7, 11) is 0. The Hall–Kier alpha value is -0.600. The van der Waals surface area contributed by atoms with Crippen molar-refractivity contribution in [3.05, 3.63) is 24.3 Å². The van der Waals surface area contributed by atoms with E-state index in [-0.39, 0.29) is 0 Å². The van der Waals surface area contributed by atoms with E-state index >= 15 is 0 Å². The first-order valence-electron chi connectivity index (χ1n) is 10.1. The number of rotatable bonds is 17. The summed E-state index contributed by atoms with van der Waals surface area (Å²) in [5.41, 5.74) is 11.5. The van der Waals surface area contributed by atoms with Gasteiger partial charge in [-0.2, -0.15) is 0 Å². The van der Waals surface area contributed by atoms with Gasteiger partial charge >= 0.3 is 0 Å². The van der Waals surface area contributed by atoms with Crippen LogP contribution in [0.4, 0.5) is 0 Å². The fraction of sp³-hybridized carbons (Fsp3) is 0.810. The highest BCUT2D eigenvalue weighted by atomic mass is 14.6. The van der Waals surface area contributed by atoms with Gasteiger partial charge in [0.1, 0.15) is 0 Å². The fourth-order valence-corrected chi connectivity index (χ4v) is 2.75. The van der Waals surface area contributed by atoms with E-state index in [0.29, 0.717) is 6.04 Å². The van der Waals surface area contributed by atoms with Crippen molar-refractivity contribution in [1.82, 2.24) is 0 Å². The standard InChI is InChI=1S/C21H42N2/c1-2-3-4-5-6-7-8-9-10-11-12-13-14-15-16-17-18-21(23)19-20-22/h6-7,9-10,21H,2-5,8,11-20,22-23H2,1H3. The molecule has 1 unspecified atom stereocenters. The van der Waals surface area contributed by atoms with Crippen molar-refractivity contribution in [2.24, 2.45) is 11.5 Å². The second-order valence-electron chi connectivity index (χ2n) is 6.71. The van der Waals surface area contributed by atoms with Gasteiger partial charge in [-0.3, -0.25) is 0 Å². The van der Waals surface area contributed by atoms with E-state index in [0.717, 1.165) is 25.8 Å². The smallest absolute Gasteiger partial charge is 0.00508 e. The third-order valence-corrected chi connectivity index (χ3v) is 4.31. The molecule has 0 saturated carbocycles. The van der Waals surface area contributed by atoms with Gasteiger partial charge in [0.2, 0.25) is 0 Å². The van der Waals surface area contributed by atoms with Crippen LogP contribution in [-0.4, -0.2) is 12.6 Å². The van der Waals surface area contributed by atoms with Gasteiger partial charge in [0.25, 0.3) is 0 Å². The summed E-state index contributed by atoms with van der Waals surface area (Å²) in [5, 5.41) is 0. The summed E-state index contributed by atoms with van der Waals surface area (Å²) in [6.07, 6.45) is 27.1. The van der Waals surface area contributed by atoms with Gasteiger partial charge in [-0.15, -0.1) is 0 Å². The normalized spacial score (nSPS) is 13.3. The SMILES string of the molecule is CCCCCC=CCC=CCCCCCCCCC(N)CCN. The van der Waals surface area contributed by atoms with Crippen molar-refractivity contribution < 1.29 is 0 Å². The van der Waals surface area contributed by atoms with Crippen LogP contribution in [0.5, 0.6) is 0 Å². The third-order valence-electron chi connectivity index (χ3n) is 4.31. The van der Waals surface area contributed by atoms with E-state index < -0.39 is 0 Å². The molecule has 4 N–H and O–H groups in total. The molecule has 2 heteroatoms. The molecule has 0 spiro atoms. The van der Waals surface area contributed by atoms with Crippen LogP contribution in [0, 0.1) is 0 Å². The van der Waals surface area contributed by atoms with Gasteiger partial charge in [0.05, 0.1) is 0 Å². The van der Waals surface area contributed by atoms with Crippen molar-refractivity contribution in [3.8, 4) is 0 Å². The number of unbranched alkanes of at least 4 members (excludes halogenated alkanes) is 9. The van der Waals surface area contributed by atoms with Gasteiger partial charge in [-0.1, -0.05) is 76.2 Å². The Labute approximate surface area is 145 Å².